The number of carbonyl (C=O) groups is 1. The monoisotopic (exact) mass is 334 g/mol. The van der Waals surface area contributed by atoms with Crippen molar-refractivity contribution in [2.45, 2.75) is 84.3 Å². The number of aliphatic hydroxyl groups is 2. The SMILES string of the molecule is CC(O)C1CCC2C3CCC4CC(O)CCC4(C)C3CC(=O)C12C. The lowest BCUT2D eigenvalue weighted by atomic mass is 9.44. The summed E-state index contributed by atoms with van der Waals surface area (Å²) in [5.41, 5.74) is -0.0607. The summed E-state index contributed by atoms with van der Waals surface area (Å²) >= 11 is 0. The average molecular weight is 335 g/mol. The van der Waals surface area contributed by atoms with Crippen LogP contribution in [-0.2, 0) is 4.79 Å². The van der Waals surface area contributed by atoms with Gasteiger partial charge in [0.2, 0.25) is 0 Å². The number of rotatable bonds is 1. The van der Waals surface area contributed by atoms with Gasteiger partial charge in [0.25, 0.3) is 0 Å². The molecule has 136 valence electrons. The molecule has 2 N–H and O–H groups in total. The highest BCUT2D eigenvalue weighted by molar-refractivity contribution is 5.87. The van der Waals surface area contributed by atoms with Crippen LogP contribution in [-0.4, -0.2) is 28.2 Å². The minimum atomic E-state index is -0.378. The average Bonchev–Trinajstić information content (AvgIpc) is 2.88. The third kappa shape index (κ3) is 2.13. The van der Waals surface area contributed by atoms with Gasteiger partial charge >= 0.3 is 0 Å². The molecule has 0 spiro atoms. The van der Waals surface area contributed by atoms with Gasteiger partial charge in [-0.05, 0) is 86.9 Å². The number of fused-ring (bicyclic) bond motifs is 5. The van der Waals surface area contributed by atoms with E-state index in [1.807, 2.05) is 6.92 Å². The molecule has 4 rings (SSSR count). The Bertz CT molecular complexity index is 529. The summed E-state index contributed by atoms with van der Waals surface area (Å²) in [7, 11) is 0. The van der Waals surface area contributed by atoms with Crippen LogP contribution in [0.3, 0.4) is 0 Å². The summed E-state index contributed by atoms with van der Waals surface area (Å²) in [5, 5.41) is 20.4. The molecule has 4 aliphatic rings. The van der Waals surface area contributed by atoms with Gasteiger partial charge in [-0.1, -0.05) is 13.8 Å². The van der Waals surface area contributed by atoms with Crippen molar-refractivity contribution in [2.75, 3.05) is 0 Å². The Morgan fingerprint density at radius 2 is 1.83 bits per heavy atom. The largest absolute Gasteiger partial charge is 0.393 e. The molecule has 4 fully saturated rings. The highest BCUT2D eigenvalue weighted by Crippen LogP contribution is 2.66. The number of hydrogen-bond donors (Lipinski definition) is 2. The van der Waals surface area contributed by atoms with Gasteiger partial charge in [0.05, 0.1) is 12.2 Å². The quantitative estimate of drug-likeness (QED) is 0.771. The molecule has 0 bridgehead atoms. The van der Waals surface area contributed by atoms with Crippen molar-refractivity contribution in [1.82, 2.24) is 0 Å². The Balaban J connectivity index is 1.67. The lowest BCUT2D eigenvalue weighted by Crippen LogP contribution is -2.57. The van der Waals surface area contributed by atoms with Crippen molar-refractivity contribution in [1.29, 1.82) is 0 Å². The summed E-state index contributed by atoms with van der Waals surface area (Å²) in [6, 6.07) is 0. The number of Topliss-reactive ketones (excluding diaryl/α,β-unsaturated/α-hetero) is 1. The molecule has 4 aliphatic carbocycles. The van der Waals surface area contributed by atoms with E-state index in [0.29, 0.717) is 35.9 Å². The first kappa shape index (κ1) is 17.0. The Morgan fingerprint density at radius 1 is 1.08 bits per heavy atom. The van der Waals surface area contributed by atoms with Gasteiger partial charge in [-0.2, -0.15) is 0 Å². The standard InChI is InChI=1S/C21H34O3/c1-12(22)16-6-7-17-15-5-4-13-10-14(23)8-9-20(13,2)18(15)11-19(24)21(16,17)3/h12-18,22-23H,4-11H2,1-3H3. The summed E-state index contributed by atoms with van der Waals surface area (Å²) in [6.45, 7) is 6.45. The smallest absolute Gasteiger partial charge is 0.139 e. The molecule has 3 heteroatoms. The van der Waals surface area contributed by atoms with Crippen molar-refractivity contribution >= 4 is 5.78 Å². The zero-order chi connectivity index (χ0) is 17.3. The highest BCUT2D eigenvalue weighted by Gasteiger charge is 2.63. The van der Waals surface area contributed by atoms with Crippen molar-refractivity contribution < 1.29 is 15.0 Å². The third-order valence-electron chi connectivity index (χ3n) is 9.15. The van der Waals surface area contributed by atoms with E-state index in [9.17, 15) is 15.0 Å². The highest BCUT2D eigenvalue weighted by atomic mass is 16.3. The van der Waals surface area contributed by atoms with E-state index in [-0.39, 0.29) is 29.0 Å². The molecule has 24 heavy (non-hydrogen) atoms. The van der Waals surface area contributed by atoms with Crippen molar-refractivity contribution in [3.05, 3.63) is 0 Å². The molecule has 9 atom stereocenters. The van der Waals surface area contributed by atoms with E-state index in [0.717, 1.165) is 32.1 Å². The first-order valence-electron chi connectivity index (χ1n) is 10.2. The molecular formula is C21H34O3. The lowest BCUT2D eigenvalue weighted by Gasteiger charge is -2.60. The van der Waals surface area contributed by atoms with Gasteiger partial charge in [0.1, 0.15) is 5.78 Å². The molecule has 0 saturated heterocycles. The van der Waals surface area contributed by atoms with Crippen LogP contribution in [0.1, 0.15) is 72.1 Å². The van der Waals surface area contributed by atoms with E-state index >= 15 is 0 Å². The Morgan fingerprint density at radius 3 is 2.54 bits per heavy atom. The van der Waals surface area contributed by atoms with Crippen LogP contribution in [0.5, 0.6) is 0 Å². The van der Waals surface area contributed by atoms with E-state index in [2.05, 4.69) is 13.8 Å². The first-order valence-corrected chi connectivity index (χ1v) is 10.2. The number of carbonyl (C=O) groups excluding carboxylic acids is 1. The number of hydrogen-bond acceptors (Lipinski definition) is 3. The normalized spacial score (nSPS) is 55.5. The van der Waals surface area contributed by atoms with Crippen molar-refractivity contribution in [2.24, 2.45) is 40.4 Å². The van der Waals surface area contributed by atoms with Crippen LogP contribution in [0.15, 0.2) is 0 Å². The zero-order valence-electron chi connectivity index (χ0n) is 15.5. The number of aliphatic hydroxyl groups excluding tert-OH is 2. The van der Waals surface area contributed by atoms with Gasteiger partial charge in [-0.15, -0.1) is 0 Å². The predicted octanol–water partition coefficient (Wildman–Crippen LogP) is 3.57. The zero-order valence-corrected chi connectivity index (χ0v) is 15.5. The molecule has 0 aliphatic heterocycles. The summed E-state index contributed by atoms with van der Waals surface area (Å²) in [4.78, 5) is 13.3. The van der Waals surface area contributed by atoms with Crippen LogP contribution in [0.2, 0.25) is 0 Å². The molecule has 9 unspecified atom stereocenters. The van der Waals surface area contributed by atoms with Crippen LogP contribution in [0.4, 0.5) is 0 Å². The van der Waals surface area contributed by atoms with Crippen molar-refractivity contribution in [3.63, 3.8) is 0 Å². The second kappa shape index (κ2) is 5.54. The van der Waals surface area contributed by atoms with Gasteiger partial charge in [-0.25, -0.2) is 0 Å². The Labute approximate surface area is 146 Å². The molecule has 0 radical (unpaired) electrons. The summed E-state index contributed by atoms with van der Waals surface area (Å²) < 4.78 is 0. The van der Waals surface area contributed by atoms with Gasteiger partial charge in [0.15, 0.2) is 0 Å². The fourth-order valence-corrected chi connectivity index (χ4v) is 7.75. The molecule has 0 amide bonds. The minimum Gasteiger partial charge on any atom is -0.393 e. The molecule has 4 saturated carbocycles. The first-order chi connectivity index (χ1) is 11.3. The molecule has 3 nitrogen and oxygen atoms in total. The fraction of sp³-hybridized carbons (Fsp3) is 0.952. The van der Waals surface area contributed by atoms with Gasteiger partial charge in [0, 0.05) is 11.8 Å². The molecule has 0 aromatic carbocycles. The second-order valence-electron chi connectivity index (χ2n) is 9.92. The molecule has 0 aromatic heterocycles. The van der Waals surface area contributed by atoms with Crippen LogP contribution >= 0.6 is 0 Å². The van der Waals surface area contributed by atoms with Crippen molar-refractivity contribution in [3.8, 4) is 0 Å². The van der Waals surface area contributed by atoms with Crippen LogP contribution < -0.4 is 0 Å². The van der Waals surface area contributed by atoms with Gasteiger partial charge < -0.3 is 10.2 Å². The topological polar surface area (TPSA) is 57.5 Å². The molecule has 0 heterocycles. The predicted molar refractivity (Wildman–Crippen MR) is 93.3 cm³/mol. The maximum absolute atomic E-state index is 13.3. The van der Waals surface area contributed by atoms with Crippen LogP contribution in [0.25, 0.3) is 0 Å². The third-order valence-corrected chi connectivity index (χ3v) is 9.15. The van der Waals surface area contributed by atoms with E-state index < -0.39 is 0 Å². The lowest BCUT2D eigenvalue weighted by molar-refractivity contribution is -0.162. The van der Waals surface area contributed by atoms with E-state index in [1.54, 1.807) is 0 Å². The molecular weight excluding hydrogens is 300 g/mol. The second-order valence-corrected chi connectivity index (χ2v) is 9.92. The molecule has 0 aromatic rings. The fourth-order valence-electron chi connectivity index (χ4n) is 7.75. The summed E-state index contributed by atoms with van der Waals surface area (Å²) in [6.07, 6.45) is 7.68. The van der Waals surface area contributed by atoms with Crippen LogP contribution in [0, 0.1) is 40.4 Å². The minimum absolute atomic E-state index is 0.129. The Kier molecular flexibility index (Phi) is 3.93. The maximum atomic E-state index is 13.3. The van der Waals surface area contributed by atoms with E-state index in [1.165, 1.54) is 12.8 Å². The Hall–Kier alpha value is -0.410. The maximum Gasteiger partial charge on any atom is 0.139 e. The van der Waals surface area contributed by atoms with E-state index in [4.69, 9.17) is 0 Å². The summed E-state index contributed by atoms with van der Waals surface area (Å²) in [5.74, 6) is 2.77. The van der Waals surface area contributed by atoms with Gasteiger partial charge in [-0.3, -0.25) is 4.79 Å². The number of ketones is 1.